The highest BCUT2D eigenvalue weighted by molar-refractivity contribution is 6.37. The van der Waals surface area contributed by atoms with Crippen LogP contribution in [0.1, 0.15) is 26.7 Å². The van der Waals surface area contributed by atoms with E-state index in [2.05, 4.69) is 25.8 Å². The number of anilines is 1. The number of hydrogen-bond donors (Lipinski definition) is 2. The Morgan fingerprint density at radius 2 is 2.19 bits per heavy atom. The minimum absolute atomic E-state index is 0.00565. The molecule has 1 aliphatic rings. The van der Waals surface area contributed by atoms with E-state index in [0.29, 0.717) is 24.4 Å². The summed E-state index contributed by atoms with van der Waals surface area (Å²) in [6.07, 6.45) is 3.71. The molecule has 2 N–H and O–H groups in total. The number of amides is 1. The zero-order valence-corrected chi connectivity index (χ0v) is 15.1. The van der Waals surface area contributed by atoms with E-state index < -0.39 is 23.7 Å². The van der Waals surface area contributed by atoms with Crippen LogP contribution in [0.4, 0.5) is 6.01 Å². The first-order valence-corrected chi connectivity index (χ1v) is 8.81. The number of ketones is 2. The van der Waals surface area contributed by atoms with Crippen LogP contribution in [0.15, 0.2) is 28.9 Å². The summed E-state index contributed by atoms with van der Waals surface area (Å²) in [7, 11) is 0. The van der Waals surface area contributed by atoms with Gasteiger partial charge in [0.1, 0.15) is 0 Å². The molecule has 142 valence electrons. The number of nitrogens with zero attached hydrogens (tertiary/aromatic N) is 3. The van der Waals surface area contributed by atoms with Crippen LogP contribution in [-0.2, 0) is 14.4 Å². The summed E-state index contributed by atoms with van der Waals surface area (Å²) in [6, 6.07) is 3.05. The van der Waals surface area contributed by atoms with Gasteiger partial charge >= 0.3 is 6.01 Å². The van der Waals surface area contributed by atoms with Gasteiger partial charge in [-0.2, -0.15) is 0 Å². The van der Waals surface area contributed by atoms with Crippen molar-refractivity contribution in [1.29, 1.82) is 0 Å². The third-order valence-electron chi connectivity index (χ3n) is 4.45. The average Bonchev–Trinajstić information content (AvgIpc) is 3.13. The third-order valence-corrected chi connectivity index (χ3v) is 4.45. The SMILES string of the molecule is CC(C)C(Nc1nnc(-c2cccnc2)o1)C(=O)CC1CCNC(=O)C1=O. The average molecular weight is 371 g/mol. The molecule has 27 heavy (non-hydrogen) atoms. The van der Waals surface area contributed by atoms with Crippen molar-refractivity contribution in [3.05, 3.63) is 24.5 Å². The van der Waals surface area contributed by atoms with E-state index in [0.717, 1.165) is 0 Å². The quantitative estimate of drug-likeness (QED) is 0.696. The van der Waals surface area contributed by atoms with Gasteiger partial charge in [0.15, 0.2) is 5.78 Å². The molecule has 1 fully saturated rings. The van der Waals surface area contributed by atoms with Crippen LogP contribution in [0.2, 0.25) is 0 Å². The van der Waals surface area contributed by atoms with Crippen molar-refractivity contribution in [3.63, 3.8) is 0 Å². The second kappa shape index (κ2) is 8.07. The molecule has 3 rings (SSSR count). The standard InChI is InChI=1S/C18H21N5O4/c1-10(2)14(13(24)8-11-5-7-20-16(26)15(11)25)21-18-23-22-17(27-18)12-4-3-6-19-9-12/h3-4,6,9-11,14H,5,7-8H2,1-2H3,(H,20,26)(H,21,23). The highest BCUT2D eigenvalue weighted by Crippen LogP contribution is 2.22. The summed E-state index contributed by atoms with van der Waals surface area (Å²) in [4.78, 5) is 40.2. The van der Waals surface area contributed by atoms with Crippen molar-refractivity contribution < 1.29 is 18.8 Å². The number of carbonyl (C=O) groups is 3. The fraction of sp³-hybridized carbons (Fsp3) is 0.444. The Morgan fingerprint density at radius 1 is 1.37 bits per heavy atom. The summed E-state index contributed by atoms with van der Waals surface area (Å²) < 4.78 is 5.57. The lowest BCUT2D eigenvalue weighted by Crippen LogP contribution is -2.45. The molecule has 1 saturated heterocycles. The normalized spacial score (nSPS) is 18.3. The van der Waals surface area contributed by atoms with Crippen LogP contribution in [-0.4, -0.2) is 45.2 Å². The number of rotatable bonds is 7. The number of aromatic nitrogens is 3. The molecule has 9 heteroatoms. The summed E-state index contributed by atoms with van der Waals surface area (Å²) >= 11 is 0. The largest absolute Gasteiger partial charge is 0.403 e. The zero-order valence-electron chi connectivity index (χ0n) is 15.1. The predicted molar refractivity (Wildman–Crippen MR) is 95.5 cm³/mol. The van der Waals surface area contributed by atoms with Crippen molar-refractivity contribution in [2.75, 3.05) is 11.9 Å². The summed E-state index contributed by atoms with van der Waals surface area (Å²) in [5.41, 5.74) is 0.671. The van der Waals surface area contributed by atoms with E-state index in [4.69, 9.17) is 4.42 Å². The Labute approximate surface area is 156 Å². The molecule has 3 heterocycles. The van der Waals surface area contributed by atoms with Gasteiger partial charge in [0.25, 0.3) is 11.8 Å². The van der Waals surface area contributed by atoms with Crippen LogP contribution in [0, 0.1) is 11.8 Å². The summed E-state index contributed by atoms with van der Waals surface area (Å²) in [6.45, 7) is 4.16. The van der Waals surface area contributed by atoms with E-state index in [1.165, 1.54) is 0 Å². The van der Waals surface area contributed by atoms with Gasteiger partial charge in [-0.05, 0) is 24.5 Å². The predicted octanol–water partition coefficient (Wildman–Crippen LogP) is 1.23. The van der Waals surface area contributed by atoms with Crippen molar-refractivity contribution in [2.45, 2.75) is 32.7 Å². The second-order valence-electron chi connectivity index (χ2n) is 6.80. The molecular formula is C18H21N5O4. The smallest absolute Gasteiger partial charge is 0.316 e. The molecule has 1 amide bonds. The van der Waals surface area contributed by atoms with Crippen LogP contribution in [0.3, 0.4) is 0 Å². The van der Waals surface area contributed by atoms with Crippen LogP contribution < -0.4 is 10.6 Å². The lowest BCUT2D eigenvalue weighted by Gasteiger charge is -2.24. The Balaban J connectivity index is 1.69. The topological polar surface area (TPSA) is 127 Å². The van der Waals surface area contributed by atoms with E-state index in [9.17, 15) is 14.4 Å². The maximum Gasteiger partial charge on any atom is 0.316 e. The van der Waals surface area contributed by atoms with Gasteiger partial charge < -0.3 is 15.1 Å². The highest BCUT2D eigenvalue weighted by Gasteiger charge is 2.34. The molecule has 0 saturated carbocycles. The first-order chi connectivity index (χ1) is 13.0. The van der Waals surface area contributed by atoms with Crippen LogP contribution in [0.25, 0.3) is 11.5 Å². The van der Waals surface area contributed by atoms with Crippen molar-refractivity contribution >= 4 is 23.5 Å². The Kier molecular flexibility index (Phi) is 5.58. The maximum atomic E-state index is 12.7. The maximum absolute atomic E-state index is 12.7. The van der Waals surface area contributed by atoms with Gasteiger partial charge in [0.05, 0.1) is 11.6 Å². The number of pyridine rings is 1. The molecule has 2 aromatic heterocycles. The van der Waals surface area contributed by atoms with Gasteiger partial charge in [-0.1, -0.05) is 18.9 Å². The van der Waals surface area contributed by atoms with E-state index in [1.807, 2.05) is 13.8 Å². The fourth-order valence-corrected chi connectivity index (χ4v) is 2.97. The van der Waals surface area contributed by atoms with Gasteiger partial charge in [-0.25, -0.2) is 0 Å². The first kappa shape index (κ1) is 18.7. The Bertz CT molecular complexity index is 833. The molecule has 0 bridgehead atoms. The number of hydrogen-bond acceptors (Lipinski definition) is 8. The van der Waals surface area contributed by atoms with Crippen molar-refractivity contribution in [3.8, 4) is 11.5 Å². The third kappa shape index (κ3) is 4.36. The minimum Gasteiger partial charge on any atom is -0.403 e. The van der Waals surface area contributed by atoms with Gasteiger partial charge in [0, 0.05) is 31.3 Å². The Morgan fingerprint density at radius 3 is 2.89 bits per heavy atom. The molecule has 2 atom stereocenters. The van der Waals surface area contributed by atoms with Crippen molar-refractivity contribution in [2.24, 2.45) is 11.8 Å². The number of nitrogens with one attached hydrogen (secondary N) is 2. The zero-order chi connectivity index (χ0) is 19.4. The molecular weight excluding hydrogens is 350 g/mol. The lowest BCUT2D eigenvalue weighted by molar-refractivity contribution is -0.143. The van der Waals surface area contributed by atoms with E-state index >= 15 is 0 Å². The molecule has 0 radical (unpaired) electrons. The second-order valence-corrected chi connectivity index (χ2v) is 6.80. The summed E-state index contributed by atoms with van der Waals surface area (Å²) in [5, 5.41) is 13.3. The lowest BCUT2D eigenvalue weighted by atomic mass is 9.87. The molecule has 9 nitrogen and oxygen atoms in total. The fourth-order valence-electron chi connectivity index (χ4n) is 2.97. The van der Waals surface area contributed by atoms with Crippen LogP contribution in [0.5, 0.6) is 0 Å². The number of carbonyl (C=O) groups excluding carboxylic acids is 3. The molecule has 2 aromatic rings. The molecule has 2 unspecified atom stereocenters. The van der Waals surface area contributed by atoms with Crippen LogP contribution >= 0.6 is 0 Å². The van der Waals surface area contributed by atoms with Gasteiger partial charge in [-0.15, -0.1) is 5.10 Å². The minimum atomic E-state index is -0.619. The Hall–Kier alpha value is -3.10. The summed E-state index contributed by atoms with van der Waals surface area (Å²) in [5.74, 6) is -1.68. The highest BCUT2D eigenvalue weighted by atomic mass is 16.4. The van der Waals surface area contributed by atoms with Crippen molar-refractivity contribution in [1.82, 2.24) is 20.5 Å². The molecule has 0 aliphatic carbocycles. The first-order valence-electron chi connectivity index (χ1n) is 8.81. The number of piperidine rings is 1. The van der Waals surface area contributed by atoms with E-state index in [1.54, 1.807) is 24.5 Å². The number of Topliss-reactive ketones (excluding diaryl/α,β-unsaturated/α-hetero) is 2. The van der Waals surface area contributed by atoms with E-state index in [-0.39, 0.29) is 24.1 Å². The monoisotopic (exact) mass is 371 g/mol. The van der Waals surface area contributed by atoms with Gasteiger partial charge in [-0.3, -0.25) is 19.4 Å². The molecule has 1 aliphatic heterocycles. The molecule has 0 spiro atoms. The molecule has 0 aromatic carbocycles. The van der Waals surface area contributed by atoms with Gasteiger partial charge in [0.2, 0.25) is 5.78 Å².